The lowest BCUT2D eigenvalue weighted by Crippen LogP contribution is -2.29. The molecule has 0 spiro atoms. The molecule has 1 aromatic rings. The predicted octanol–water partition coefficient (Wildman–Crippen LogP) is 7.18. The zero-order valence-corrected chi connectivity index (χ0v) is 18.9. The van der Waals surface area contributed by atoms with Gasteiger partial charge in [-0.15, -0.1) is 0 Å². The van der Waals surface area contributed by atoms with Crippen molar-refractivity contribution < 1.29 is 18.3 Å². The quantitative estimate of drug-likeness (QED) is 0.367. The minimum Gasteiger partial charge on any atom is -0.490 e. The Labute approximate surface area is 186 Å². The van der Waals surface area contributed by atoms with Crippen LogP contribution in [0.15, 0.2) is 12.1 Å². The molecule has 31 heavy (non-hydrogen) atoms. The molecule has 0 aliphatic heterocycles. The molecule has 0 heterocycles. The van der Waals surface area contributed by atoms with Crippen molar-refractivity contribution in [3.8, 4) is 11.8 Å². The van der Waals surface area contributed by atoms with Crippen molar-refractivity contribution in [2.24, 2.45) is 17.8 Å². The summed E-state index contributed by atoms with van der Waals surface area (Å²) in [4.78, 5) is 0. The number of nitrogens with zero attached hydrogens (tertiary/aromatic N) is 1. The van der Waals surface area contributed by atoms with Gasteiger partial charge < -0.3 is 9.47 Å². The smallest absolute Gasteiger partial charge is 0.201 e. The molecule has 0 bridgehead atoms. The first-order valence-corrected chi connectivity index (χ1v) is 12.2. The van der Waals surface area contributed by atoms with Crippen LogP contribution in [-0.4, -0.2) is 19.3 Å². The minimum atomic E-state index is -1.12. The third kappa shape index (κ3) is 6.91. The number of unbranched alkanes of at least 4 members (excludes halogenated alkanes) is 3. The van der Waals surface area contributed by atoms with E-state index in [1.807, 2.05) is 0 Å². The van der Waals surface area contributed by atoms with Gasteiger partial charge in [-0.1, -0.05) is 26.2 Å². The molecule has 0 saturated heterocycles. The van der Waals surface area contributed by atoms with E-state index in [0.717, 1.165) is 31.3 Å². The molecule has 2 saturated carbocycles. The molecule has 5 heteroatoms. The highest BCUT2D eigenvalue weighted by molar-refractivity contribution is 5.37. The zero-order valence-electron chi connectivity index (χ0n) is 18.9. The van der Waals surface area contributed by atoms with Gasteiger partial charge in [-0.25, -0.2) is 4.39 Å². The minimum absolute atomic E-state index is 0.0911. The van der Waals surface area contributed by atoms with E-state index in [4.69, 9.17) is 14.7 Å². The number of hydrogen-bond acceptors (Lipinski definition) is 3. The predicted molar refractivity (Wildman–Crippen MR) is 118 cm³/mol. The van der Waals surface area contributed by atoms with E-state index < -0.39 is 11.6 Å². The zero-order chi connectivity index (χ0) is 22.1. The van der Waals surface area contributed by atoms with Gasteiger partial charge in [0.05, 0.1) is 18.3 Å². The van der Waals surface area contributed by atoms with Crippen LogP contribution in [0, 0.1) is 40.7 Å². The van der Waals surface area contributed by atoms with Gasteiger partial charge >= 0.3 is 0 Å². The Morgan fingerprint density at radius 2 is 1.58 bits per heavy atom. The Morgan fingerprint density at radius 3 is 2.23 bits per heavy atom. The average Bonchev–Trinajstić information content (AvgIpc) is 2.81. The molecule has 3 nitrogen and oxygen atoms in total. The molecule has 1 aromatic carbocycles. The molecule has 0 atom stereocenters. The van der Waals surface area contributed by atoms with E-state index in [-0.39, 0.29) is 11.3 Å². The molecule has 172 valence electrons. The molecule has 2 fully saturated rings. The first-order chi connectivity index (χ1) is 15.1. The van der Waals surface area contributed by atoms with Crippen LogP contribution < -0.4 is 4.74 Å². The highest BCUT2D eigenvalue weighted by Gasteiger charge is 2.31. The molecular weight excluding hydrogens is 396 g/mol. The maximum absolute atomic E-state index is 14.0. The highest BCUT2D eigenvalue weighted by Crippen LogP contribution is 2.40. The Bertz CT molecular complexity index is 717. The lowest BCUT2D eigenvalue weighted by Gasteiger charge is -2.37. The van der Waals surface area contributed by atoms with Crippen molar-refractivity contribution in [2.45, 2.75) is 90.1 Å². The fourth-order valence-corrected chi connectivity index (χ4v) is 5.27. The second-order valence-corrected chi connectivity index (χ2v) is 9.41. The summed E-state index contributed by atoms with van der Waals surface area (Å²) in [5.41, 5.74) is -0.290. The first-order valence-electron chi connectivity index (χ1n) is 12.2. The third-order valence-corrected chi connectivity index (χ3v) is 7.27. The molecule has 0 amide bonds. The van der Waals surface area contributed by atoms with Crippen LogP contribution in [0.1, 0.15) is 89.5 Å². The van der Waals surface area contributed by atoms with Crippen molar-refractivity contribution in [1.29, 1.82) is 5.26 Å². The van der Waals surface area contributed by atoms with Crippen molar-refractivity contribution in [3.05, 3.63) is 29.3 Å². The summed E-state index contributed by atoms with van der Waals surface area (Å²) >= 11 is 0. The largest absolute Gasteiger partial charge is 0.490 e. The number of hydrogen-bond donors (Lipinski definition) is 0. The van der Waals surface area contributed by atoms with Crippen molar-refractivity contribution in [1.82, 2.24) is 0 Å². The van der Waals surface area contributed by atoms with Gasteiger partial charge in [-0.2, -0.15) is 9.65 Å². The van der Waals surface area contributed by atoms with Gasteiger partial charge in [0.15, 0.2) is 11.6 Å². The van der Waals surface area contributed by atoms with Crippen LogP contribution >= 0.6 is 0 Å². The molecular formula is C26H37F2NO2. The van der Waals surface area contributed by atoms with Gasteiger partial charge in [0.1, 0.15) is 6.07 Å². The summed E-state index contributed by atoms with van der Waals surface area (Å²) in [6.07, 6.45) is 15.0. The van der Waals surface area contributed by atoms with Gasteiger partial charge in [-0.3, -0.25) is 0 Å². The van der Waals surface area contributed by atoms with Crippen molar-refractivity contribution in [3.63, 3.8) is 0 Å². The Hall–Kier alpha value is -1.67. The second-order valence-electron chi connectivity index (χ2n) is 9.41. The summed E-state index contributed by atoms with van der Waals surface area (Å²) in [6.45, 7) is 3.57. The third-order valence-electron chi connectivity index (χ3n) is 7.27. The first kappa shape index (κ1) is 24.0. The summed E-state index contributed by atoms with van der Waals surface area (Å²) < 4.78 is 39.4. The summed E-state index contributed by atoms with van der Waals surface area (Å²) in [7, 11) is 0. The topological polar surface area (TPSA) is 42.2 Å². The average molecular weight is 434 g/mol. The molecule has 3 rings (SSSR count). The lowest BCUT2D eigenvalue weighted by atomic mass is 9.71. The summed E-state index contributed by atoms with van der Waals surface area (Å²) in [6, 6.07) is 4.27. The molecule has 2 aliphatic rings. The fraction of sp³-hybridized carbons (Fsp3) is 0.731. The Morgan fingerprint density at radius 1 is 0.903 bits per heavy atom. The van der Waals surface area contributed by atoms with Gasteiger partial charge in [-0.05, 0) is 87.7 Å². The van der Waals surface area contributed by atoms with Gasteiger partial charge in [0.2, 0.25) is 5.82 Å². The standard InChI is InChI=1S/C26H37F2NO2/c1-2-3-4-5-16-30-23-13-10-21(11-14-23)20-8-6-19(7-9-20)18-31-24-15-12-22(17-29)25(27)26(24)28/h12,15,19-21,23H,2-11,13-14,16,18H2,1H3. The summed E-state index contributed by atoms with van der Waals surface area (Å²) in [5, 5.41) is 8.78. The molecule has 0 unspecified atom stereocenters. The number of nitriles is 1. The fourth-order valence-electron chi connectivity index (χ4n) is 5.27. The van der Waals surface area contributed by atoms with E-state index in [0.29, 0.717) is 18.6 Å². The van der Waals surface area contributed by atoms with Crippen LogP contribution in [0.25, 0.3) is 0 Å². The highest BCUT2D eigenvalue weighted by atomic mass is 19.2. The monoisotopic (exact) mass is 433 g/mol. The number of ether oxygens (including phenoxy) is 2. The van der Waals surface area contributed by atoms with Crippen molar-refractivity contribution >= 4 is 0 Å². The number of halogens is 2. The van der Waals surface area contributed by atoms with Gasteiger partial charge in [0.25, 0.3) is 0 Å². The van der Waals surface area contributed by atoms with E-state index >= 15 is 0 Å². The molecule has 0 aromatic heterocycles. The maximum Gasteiger partial charge on any atom is 0.201 e. The Balaban J connectivity index is 1.33. The van der Waals surface area contributed by atoms with Crippen LogP contribution in [0.2, 0.25) is 0 Å². The van der Waals surface area contributed by atoms with Crippen LogP contribution in [0.4, 0.5) is 8.78 Å². The number of rotatable bonds is 10. The molecule has 0 N–H and O–H groups in total. The van der Waals surface area contributed by atoms with E-state index in [1.54, 1.807) is 6.07 Å². The SMILES string of the molecule is CCCCCCOC1CCC(C2CCC(COc3ccc(C#N)c(F)c3F)CC2)CC1. The number of benzene rings is 1. The Kier molecular flexibility index (Phi) is 9.58. The van der Waals surface area contributed by atoms with E-state index in [9.17, 15) is 8.78 Å². The normalized spacial score (nSPS) is 26.4. The van der Waals surface area contributed by atoms with E-state index in [2.05, 4.69) is 6.92 Å². The van der Waals surface area contributed by atoms with Crippen LogP contribution in [-0.2, 0) is 4.74 Å². The molecule has 0 radical (unpaired) electrons. The van der Waals surface area contributed by atoms with Crippen molar-refractivity contribution in [2.75, 3.05) is 13.2 Å². The van der Waals surface area contributed by atoms with Crippen LogP contribution in [0.5, 0.6) is 5.75 Å². The van der Waals surface area contributed by atoms with Crippen LogP contribution in [0.3, 0.4) is 0 Å². The van der Waals surface area contributed by atoms with E-state index in [1.165, 1.54) is 76.3 Å². The second kappa shape index (κ2) is 12.4. The maximum atomic E-state index is 14.0. The summed E-state index contributed by atoms with van der Waals surface area (Å²) in [5.74, 6) is -0.289. The van der Waals surface area contributed by atoms with Gasteiger partial charge in [0, 0.05) is 6.61 Å². The lowest BCUT2D eigenvalue weighted by molar-refractivity contribution is 0.00471. The molecule has 2 aliphatic carbocycles.